The average Bonchev–Trinajstić information content (AvgIpc) is 2.60. The van der Waals surface area contributed by atoms with Crippen LogP contribution in [-0.2, 0) is 4.79 Å². The molecule has 0 spiro atoms. The number of para-hydroxylation sites is 1. The van der Waals surface area contributed by atoms with Crippen LogP contribution in [0.3, 0.4) is 0 Å². The first-order chi connectivity index (χ1) is 11.6. The van der Waals surface area contributed by atoms with Gasteiger partial charge in [0.05, 0.1) is 18.2 Å². The number of amides is 1. The molecule has 132 valence electrons. The van der Waals surface area contributed by atoms with Gasteiger partial charge in [0.15, 0.2) is 0 Å². The molecule has 0 aromatic heterocycles. The number of hydrogen-bond donors (Lipinski definition) is 1. The van der Waals surface area contributed by atoms with E-state index in [0.717, 1.165) is 37.0 Å². The average molecular weight is 331 g/mol. The molecule has 1 heterocycles. The molecule has 1 aliphatic carbocycles. The van der Waals surface area contributed by atoms with Crippen LogP contribution in [0.1, 0.15) is 64.0 Å². The minimum absolute atomic E-state index is 0.0840. The number of piperidine rings is 1. The zero-order valence-corrected chi connectivity index (χ0v) is 14.8. The molecule has 3 atom stereocenters. The molecular weight excluding hydrogens is 302 g/mol. The molecule has 0 radical (unpaired) electrons. The SMILES string of the molecule is CCOc1ccccc1[C@H]1[C@H]2CCCC[C@]2(O)CCN1C(=O)CC. The number of likely N-dealkylation sites (tertiary alicyclic amines) is 1. The molecule has 1 amide bonds. The fourth-order valence-corrected chi connectivity index (χ4v) is 4.56. The standard InChI is InChI=1S/C20H29NO3/c1-3-18(22)21-14-13-20(23)12-8-7-10-16(20)19(21)15-9-5-6-11-17(15)24-4-2/h5-6,9,11,16,19,23H,3-4,7-8,10,12-14H2,1-2H3/t16-,19+,20+/m1/s1. The number of rotatable bonds is 4. The number of carbonyl (C=O) groups excluding carboxylic acids is 1. The van der Waals surface area contributed by atoms with Crippen LogP contribution in [0.4, 0.5) is 0 Å². The van der Waals surface area contributed by atoms with Crippen LogP contribution in [0.5, 0.6) is 5.75 Å². The Kier molecular flexibility index (Phi) is 5.14. The quantitative estimate of drug-likeness (QED) is 0.915. The van der Waals surface area contributed by atoms with Crippen molar-refractivity contribution in [1.82, 2.24) is 4.90 Å². The Hall–Kier alpha value is -1.55. The van der Waals surface area contributed by atoms with Crippen molar-refractivity contribution in [1.29, 1.82) is 0 Å². The maximum absolute atomic E-state index is 12.6. The first-order valence-corrected chi connectivity index (χ1v) is 9.34. The van der Waals surface area contributed by atoms with Crippen LogP contribution in [0.2, 0.25) is 0 Å². The predicted molar refractivity (Wildman–Crippen MR) is 93.9 cm³/mol. The number of aliphatic hydroxyl groups is 1. The van der Waals surface area contributed by atoms with Crippen molar-refractivity contribution in [2.45, 2.75) is 64.0 Å². The van der Waals surface area contributed by atoms with E-state index in [-0.39, 0.29) is 17.9 Å². The van der Waals surface area contributed by atoms with Gasteiger partial charge in [0.1, 0.15) is 5.75 Å². The summed E-state index contributed by atoms with van der Waals surface area (Å²) in [4.78, 5) is 14.6. The van der Waals surface area contributed by atoms with Crippen LogP contribution < -0.4 is 4.74 Å². The zero-order chi connectivity index (χ0) is 17.2. The molecule has 1 aliphatic heterocycles. The van der Waals surface area contributed by atoms with Gasteiger partial charge in [-0.15, -0.1) is 0 Å². The van der Waals surface area contributed by atoms with Crippen LogP contribution in [0.15, 0.2) is 24.3 Å². The molecular formula is C20H29NO3. The van der Waals surface area contributed by atoms with Crippen molar-refractivity contribution in [2.24, 2.45) is 5.92 Å². The molecule has 3 rings (SSSR count). The van der Waals surface area contributed by atoms with Crippen molar-refractivity contribution in [3.05, 3.63) is 29.8 Å². The van der Waals surface area contributed by atoms with Crippen molar-refractivity contribution in [2.75, 3.05) is 13.2 Å². The largest absolute Gasteiger partial charge is 0.494 e. The number of fused-ring (bicyclic) bond motifs is 1. The maximum Gasteiger partial charge on any atom is 0.222 e. The molecule has 24 heavy (non-hydrogen) atoms. The van der Waals surface area contributed by atoms with Gasteiger partial charge in [-0.25, -0.2) is 0 Å². The van der Waals surface area contributed by atoms with Gasteiger partial charge in [-0.1, -0.05) is 38.0 Å². The Morgan fingerprint density at radius 1 is 1.29 bits per heavy atom. The van der Waals surface area contributed by atoms with E-state index in [1.54, 1.807) is 0 Å². The third kappa shape index (κ3) is 3.04. The highest BCUT2D eigenvalue weighted by atomic mass is 16.5. The third-order valence-corrected chi connectivity index (χ3v) is 5.73. The summed E-state index contributed by atoms with van der Waals surface area (Å²) in [5.41, 5.74) is 0.401. The molecule has 0 bridgehead atoms. The van der Waals surface area contributed by atoms with Crippen molar-refractivity contribution < 1.29 is 14.6 Å². The highest BCUT2D eigenvalue weighted by Gasteiger charge is 2.50. The highest BCUT2D eigenvalue weighted by Crippen LogP contribution is 2.50. The number of nitrogens with zero attached hydrogens (tertiary/aromatic N) is 1. The van der Waals surface area contributed by atoms with Crippen LogP contribution in [0, 0.1) is 5.92 Å². The van der Waals surface area contributed by atoms with Crippen LogP contribution in [0.25, 0.3) is 0 Å². The normalized spacial score (nSPS) is 29.9. The monoisotopic (exact) mass is 331 g/mol. The summed E-state index contributed by atoms with van der Waals surface area (Å²) in [5.74, 6) is 1.10. The molecule has 1 N–H and O–H groups in total. The minimum atomic E-state index is -0.646. The molecule has 1 saturated heterocycles. The topological polar surface area (TPSA) is 49.8 Å². The van der Waals surface area contributed by atoms with Gasteiger partial charge in [0.2, 0.25) is 5.91 Å². The fourth-order valence-electron chi connectivity index (χ4n) is 4.56. The van der Waals surface area contributed by atoms with Crippen molar-refractivity contribution >= 4 is 5.91 Å². The Morgan fingerprint density at radius 3 is 2.83 bits per heavy atom. The summed E-state index contributed by atoms with van der Waals surface area (Å²) in [6, 6.07) is 7.93. The van der Waals surface area contributed by atoms with Crippen LogP contribution >= 0.6 is 0 Å². The fraction of sp³-hybridized carbons (Fsp3) is 0.650. The maximum atomic E-state index is 12.6. The summed E-state index contributed by atoms with van der Waals surface area (Å²) < 4.78 is 5.84. The molecule has 2 fully saturated rings. The van der Waals surface area contributed by atoms with E-state index >= 15 is 0 Å². The first-order valence-electron chi connectivity index (χ1n) is 9.34. The second-order valence-corrected chi connectivity index (χ2v) is 7.06. The van der Waals surface area contributed by atoms with Gasteiger partial charge in [0, 0.05) is 24.4 Å². The minimum Gasteiger partial charge on any atom is -0.494 e. The lowest BCUT2D eigenvalue weighted by atomic mass is 9.66. The first kappa shape index (κ1) is 17.3. The molecule has 0 unspecified atom stereocenters. The third-order valence-electron chi connectivity index (χ3n) is 5.73. The Balaban J connectivity index is 2.05. The predicted octanol–water partition coefficient (Wildman–Crippen LogP) is 3.69. The summed E-state index contributed by atoms with van der Waals surface area (Å²) in [5, 5.41) is 11.2. The van der Waals surface area contributed by atoms with Gasteiger partial charge >= 0.3 is 0 Å². The van der Waals surface area contributed by atoms with Gasteiger partial charge in [0.25, 0.3) is 0 Å². The summed E-state index contributed by atoms with van der Waals surface area (Å²) in [7, 11) is 0. The van der Waals surface area contributed by atoms with Crippen LogP contribution in [-0.4, -0.2) is 34.7 Å². The molecule has 2 aliphatic rings. The number of carbonyl (C=O) groups is 1. The summed E-state index contributed by atoms with van der Waals surface area (Å²) in [6.45, 7) is 5.12. The van der Waals surface area contributed by atoms with Gasteiger partial charge in [-0.3, -0.25) is 4.79 Å². The lowest BCUT2D eigenvalue weighted by Gasteiger charge is -2.52. The highest BCUT2D eigenvalue weighted by molar-refractivity contribution is 5.76. The smallest absolute Gasteiger partial charge is 0.222 e. The lowest BCUT2D eigenvalue weighted by Crippen LogP contribution is -2.56. The van der Waals surface area contributed by atoms with Crippen molar-refractivity contribution in [3.63, 3.8) is 0 Å². The van der Waals surface area contributed by atoms with E-state index in [4.69, 9.17) is 4.74 Å². The van der Waals surface area contributed by atoms with E-state index in [9.17, 15) is 9.90 Å². The molecule has 4 heteroatoms. The van der Waals surface area contributed by atoms with E-state index < -0.39 is 5.60 Å². The van der Waals surface area contributed by atoms with Gasteiger partial charge < -0.3 is 14.7 Å². The molecule has 4 nitrogen and oxygen atoms in total. The Bertz CT molecular complexity index is 588. The molecule has 1 saturated carbocycles. The molecule has 1 aromatic rings. The zero-order valence-electron chi connectivity index (χ0n) is 14.8. The second kappa shape index (κ2) is 7.14. The van der Waals surface area contributed by atoms with E-state index in [0.29, 0.717) is 26.0 Å². The lowest BCUT2D eigenvalue weighted by molar-refractivity contribution is -0.155. The molecule has 1 aromatic carbocycles. The summed E-state index contributed by atoms with van der Waals surface area (Å²) in [6.07, 6.45) is 5.20. The second-order valence-electron chi connectivity index (χ2n) is 7.06. The Labute approximate surface area is 144 Å². The number of benzene rings is 1. The summed E-state index contributed by atoms with van der Waals surface area (Å²) >= 11 is 0. The van der Waals surface area contributed by atoms with E-state index in [1.165, 1.54) is 0 Å². The van der Waals surface area contributed by atoms with Gasteiger partial charge in [-0.2, -0.15) is 0 Å². The van der Waals surface area contributed by atoms with E-state index in [2.05, 4.69) is 6.07 Å². The van der Waals surface area contributed by atoms with E-state index in [1.807, 2.05) is 36.9 Å². The van der Waals surface area contributed by atoms with Gasteiger partial charge in [-0.05, 0) is 32.3 Å². The number of hydrogen-bond acceptors (Lipinski definition) is 3. The Morgan fingerprint density at radius 2 is 2.08 bits per heavy atom. The van der Waals surface area contributed by atoms with Crippen molar-refractivity contribution in [3.8, 4) is 5.75 Å². The number of ether oxygens (including phenoxy) is 1.